The largest absolute Gasteiger partial charge is 0.338 e. The summed E-state index contributed by atoms with van der Waals surface area (Å²) in [5.74, 6) is 2.73. The molecule has 1 fully saturated rings. The van der Waals surface area contributed by atoms with Gasteiger partial charge in [0.15, 0.2) is 0 Å². The lowest BCUT2D eigenvalue weighted by molar-refractivity contribution is -0.128. The molecule has 0 atom stereocenters. The SMILES string of the molecule is CCN(Cc1ccccc1)C(=O)CSCC1CNC1. The van der Waals surface area contributed by atoms with Crippen molar-refractivity contribution in [2.24, 2.45) is 5.92 Å². The molecule has 0 saturated carbocycles. The number of hydrogen-bond acceptors (Lipinski definition) is 3. The second kappa shape index (κ2) is 7.56. The molecule has 1 aromatic carbocycles. The molecule has 3 nitrogen and oxygen atoms in total. The van der Waals surface area contributed by atoms with E-state index in [9.17, 15) is 4.79 Å². The van der Waals surface area contributed by atoms with Gasteiger partial charge in [-0.3, -0.25) is 4.79 Å². The van der Waals surface area contributed by atoms with E-state index in [2.05, 4.69) is 17.4 Å². The van der Waals surface area contributed by atoms with Crippen molar-refractivity contribution in [1.82, 2.24) is 10.2 Å². The summed E-state index contributed by atoms with van der Waals surface area (Å²) in [6.07, 6.45) is 0. The summed E-state index contributed by atoms with van der Waals surface area (Å²) in [6, 6.07) is 10.2. The number of thioether (sulfide) groups is 1. The first-order chi connectivity index (χ1) is 9.29. The Bertz CT molecular complexity index is 392. The van der Waals surface area contributed by atoms with Crippen molar-refractivity contribution in [3.63, 3.8) is 0 Å². The third-order valence-electron chi connectivity index (χ3n) is 3.40. The van der Waals surface area contributed by atoms with Crippen LogP contribution in [-0.4, -0.2) is 41.9 Å². The molecule has 0 aliphatic carbocycles. The number of hydrogen-bond donors (Lipinski definition) is 1. The second-order valence-corrected chi connectivity index (χ2v) is 5.96. The first kappa shape index (κ1) is 14.4. The summed E-state index contributed by atoms with van der Waals surface area (Å²) in [6.45, 7) is 5.77. The molecule has 1 amide bonds. The fourth-order valence-corrected chi connectivity index (χ4v) is 3.09. The van der Waals surface area contributed by atoms with Crippen LogP contribution in [0.4, 0.5) is 0 Å². The maximum atomic E-state index is 12.2. The topological polar surface area (TPSA) is 32.3 Å². The van der Waals surface area contributed by atoms with Gasteiger partial charge in [-0.05, 0) is 37.2 Å². The van der Waals surface area contributed by atoms with Gasteiger partial charge in [0.05, 0.1) is 5.75 Å². The fourth-order valence-electron chi connectivity index (χ4n) is 2.05. The van der Waals surface area contributed by atoms with Crippen LogP contribution >= 0.6 is 11.8 Å². The molecular weight excluding hydrogens is 256 g/mol. The third kappa shape index (κ3) is 4.55. The van der Waals surface area contributed by atoms with Crippen LogP contribution in [0.25, 0.3) is 0 Å². The molecule has 1 saturated heterocycles. The highest BCUT2D eigenvalue weighted by Crippen LogP contribution is 2.14. The number of amides is 1. The van der Waals surface area contributed by atoms with E-state index in [1.807, 2.05) is 30.0 Å². The van der Waals surface area contributed by atoms with Gasteiger partial charge in [-0.15, -0.1) is 0 Å². The summed E-state index contributed by atoms with van der Waals surface area (Å²) < 4.78 is 0. The van der Waals surface area contributed by atoms with Gasteiger partial charge in [0.25, 0.3) is 0 Å². The van der Waals surface area contributed by atoms with Gasteiger partial charge in [-0.1, -0.05) is 30.3 Å². The van der Waals surface area contributed by atoms with E-state index in [0.29, 0.717) is 5.75 Å². The lowest BCUT2D eigenvalue weighted by Gasteiger charge is -2.27. The smallest absolute Gasteiger partial charge is 0.232 e. The summed E-state index contributed by atoms with van der Waals surface area (Å²) in [5.41, 5.74) is 1.20. The van der Waals surface area contributed by atoms with E-state index >= 15 is 0 Å². The predicted molar refractivity (Wildman–Crippen MR) is 81.2 cm³/mol. The molecule has 104 valence electrons. The van der Waals surface area contributed by atoms with E-state index in [-0.39, 0.29) is 5.91 Å². The highest BCUT2D eigenvalue weighted by Gasteiger charge is 2.18. The van der Waals surface area contributed by atoms with E-state index in [1.54, 1.807) is 11.8 Å². The molecular formula is C15H22N2OS. The minimum atomic E-state index is 0.253. The summed E-state index contributed by atoms with van der Waals surface area (Å²) >= 11 is 1.77. The summed E-state index contributed by atoms with van der Waals surface area (Å²) in [5, 5.41) is 3.26. The Balaban J connectivity index is 1.74. The third-order valence-corrected chi connectivity index (χ3v) is 4.55. The molecule has 0 unspecified atom stereocenters. The lowest BCUT2D eigenvalue weighted by Crippen LogP contribution is -2.43. The Labute approximate surface area is 119 Å². The number of nitrogens with one attached hydrogen (secondary N) is 1. The minimum absolute atomic E-state index is 0.253. The second-order valence-electron chi connectivity index (χ2n) is 4.93. The van der Waals surface area contributed by atoms with E-state index < -0.39 is 0 Å². The van der Waals surface area contributed by atoms with Crippen LogP contribution in [0.2, 0.25) is 0 Å². The predicted octanol–water partition coefficient (Wildman–Crippen LogP) is 1.99. The fraction of sp³-hybridized carbons (Fsp3) is 0.533. The van der Waals surface area contributed by atoms with Crippen molar-refractivity contribution in [2.75, 3.05) is 31.1 Å². The van der Waals surface area contributed by atoms with Crippen LogP contribution in [-0.2, 0) is 11.3 Å². The minimum Gasteiger partial charge on any atom is -0.338 e. The van der Waals surface area contributed by atoms with E-state index in [1.165, 1.54) is 5.56 Å². The maximum Gasteiger partial charge on any atom is 0.232 e. The first-order valence-corrected chi connectivity index (χ1v) is 8.05. The molecule has 19 heavy (non-hydrogen) atoms. The molecule has 1 heterocycles. The van der Waals surface area contributed by atoms with Crippen LogP contribution in [0.3, 0.4) is 0 Å². The Morgan fingerprint density at radius 1 is 1.37 bits per heavy atom. The molecule has 1 N–H and O–H groups in total. The van der Waals surface area contributed by atoms with Crippen molar-refractivity contribution in [2.45, 2.75) is 13.5 Å². The first-order valence-electron chi connectivity index (χ1n) is 6.89. The number of carbonyl (C=O) groups is 1. The standard InChI is InChI=1S/C15H22N2OS/c1-2-17(10-13-6-4-3-5-7-13)15(18)12-19-11-14-8-16-9-14/h3-7,14,16H,2,8-12H2,1H3. The van der Waals surface area contributed by atoms with Gasteiger partial charge in [-0.25, -0.2) is 0 Å². The summed E-state index contributed by atoms with van der Waals surface area (Å²) in [7, 11) is 0. The molecule has 2 rings (SSSR count). The monoisotopic (exact) mass is 278 g/mol. The average molecular weight is 278 g/mol. The van der Waals surface area contributed by atoms with Gasteiger partial charge >= 0.3 is 0 Å². The van der Waals surface area contributed by atoms with Gasteiger partial charge in [0.1, 0.15) is 0 Å². The zero-order valence-corrected chi connectivity index (χ0v) is 12.3. The Morgan fingerprint density at radius 3 is 2.68 bits per heavy atom. The molecule has 0 radical (unpaired) electrons. The molecule has 1 aromatic rings. The molecule has 1 aliphatic rings. The number of carbonyl (C=O) groups excluding carboxylic acids is 1. The zero-order valence-electron chi connectivity index (χ0n) is 11.5. The normalized spacial score (nSPS) is 15.0. The molecule has 0 bridgehead atoms. The maximum absolute atomic E-state index is 12.2. The Kier molecular flexibility index (Phi) is 5.73. The van der Waals surface area contributed by atoms with E-state index in [4.69, 9.17) is 0 Å². The highest BCUT2D eigenvalue weighted by atomic mass is 32.2. The quantitative estimate of drug-likeness (QED) is 0.828. The van der Waals surface area contributed by atoms with Gasteiger partial charge in [0, 0.05) is 13.1 Å². The van der Waals surface area contributed by atoms with Gasteiger partial charge in [0.2, 0.25) is 5.91 Å². The van der Waals surface area contributed by atoms with Crippen LogP contribution in [0, 0.1) is 5.92 Å². The molecule has 0 spiro atoms. The van der Waals surface area contributed by atoms with Crippen molar-refractivity contribution in [3.8, 4) is 0 Å². The van der Waals surface area contributed by atoms with E-state index in [0.717, 1.165) is 37.8 Å². The number of rotatable bonds is 7. The highest BCUT2D eigenvalue weighted by molar-refractivity contribution is 7.99. The van der Waals surface area contributed by atoms with Crippen molar-refractivity contribution in [3.05, 3.63) is 35.9 Å². The van der Waals surface area contributed by atoms with Crippen molar-refractivity contribution >= 4 is 17.7 Å². The zero-order chi connectivity index (χ0) is 13.5. The number of nitrogens with zero attached hydrogens (tertiary/aromatic N) is 1. The Morgan fingerprint density at radius 2 is 2.11 bits per heavy atom. The van der Waals surface area contributed by atoms with Crippen LogP contribution in [0.15, 0.2) is 30.3 Å². The Hall–Kier alpha value is -1.00. The molecule has 1 aliphatic heterocycles. The average Bonchev–Trinajstić information content (AvgIpc) is 2.39. The van der Waals surface area contributed by atoms with Crippen LogP contribution in [0.5, 0.6) is 0 Å². The van der Waals surface area contributed by atoms with Crippen LogP contribution in [0.1, 0.15) is 12.5 Å². The van der Waals surface area contributed by atoms with Crippen LogP contribution < -0.4 is 5.32 Å². The van der Waals surface area contributed by atoms with Crippen molar-refractivity contribution < 1.29 is 4.79 Å². The van der Waals surface area contributed by atoms with Gasteiger partial charge in [-0.2, -0.15) is 11.8 Å². The molecule has 0 aromatic heterocycles. The summed E-state index contributed by atoms with van der Waals surface area (Å²) in [4.78, 5) is 14.1. The molecule has 4 heteroatoms. The van der Waals surface area contributed by atoms with Gasteiger partial charge < -0.3 is 10.2 Å². The lowest BCUT2D eigenvalue weighted by atomic mass is 10.1. The number of benzene rings is 1. The van der Waals surface area contributed by atoms with Crippen molar-refractivity contribution in [1.29, 1.82) is 0 Å².